The van der Waals surface area contributed by atoms with Crippen LogP contribution in [0.2, 0.25) is 0 Å². The first-order valence-electron chi connectivity index (χ1n) is 5.15. The summed E-state index contributed by atoms with van der Waals surface area (Å²) in [5.74, 6) is 0.287. The van der Waals surface area contributed by atoms with Crippen molar-refractivity contribution in [3.8, 4) is 5.75 Å². The molecule has 2 N–H and O–H groups in total. The van der Waals surface area contributed by atoms with Crippen molar-refractivity contribution in [2.75, 3.05) is 6.54 Å². The van der Waals surface area contributed by atoms with Crippen LogP contribution < -0.4 is 5.32 Å². The fourth-order valence-electron chi connectivity index (χ4n) is 1.27. The molecule has 0 unspecified atom stereocenters. The maximum Gasteiger partial charge on any atom is 0.164 e. The second-order valence-corrected chi connectivity index (χ2v) is 3.83. The molecule has 0 radical (unpaired) electrons. The number of carbonyl (C=O) groups is 1. The Morgan fingerprint density at radius 3 is 2.47 bits per heavy atom. The molecule has 0 saturated carbocycles. The maximum absolute atomic E-state index is 11.6. The normalized spacial score (nSPS) is 10.6. The second kappa shape index (κ2) is 5.51. The largest absolute Gasteiger partial charge is 0.508 e. The molecule has 0 atom stereocenters. The Bertz CT molecular complexity index is 317. The molecule has 15 heavy (non-hydrogen) atoms. The first-order valence-corrected chi connectivity index (χ1v) is 5.15. The minimum atomic E-state index is 0.100. The van der Waals surface area contributed by atoms with Gasteiger partial charge in [-0.05, 0) is 24.3 Å². The van der Waals surface area contributed by atoms with Gasteiger partial charge in [0.25, 0.3) is 0 Å². The van der Waals surface area contributed by atoms with Crippen molar-refractivity contribution in [3.05, 3.63) is 29.8 Å². The first-order chi connectivity index (χ1) is 7.09. The summed E-state index contributed by atoms with van der Waals surface area (Å²) in [6, 6.07) is 6.75. The monoisotopic (exact) mass is 207 g/mol. The number of hydrogen-bond acceptors (Lipinski definition) is 3. The van der Waals surface area contributed by atoms with E-state index in [2.05, 4.69) is 5.32 Å². The van der Waals surface area contributed by atoms with Gasteiger partial charge in [0.1, 0.15) is 5.75 Å². The third-order valence-electron chi connectivity index (χ3n) is 2.09. The van der Waals surface area contributed by atoms with Gasteiger partial charge in [0.2, 0.25) is 0 Å². The van der Waals surface area contributed by atoms with E-state index >= 15 is 0 Å². The molecule has 0 spiro atoms. The fourth-order valence-corrected chi connectivity index (χ4v) is 1.27. The van der Waals surface area contributed by atoms with E-state index in [1.54, 1.807) is 12.1 Å². The van der Waals surface area contributed by atoms with Crippen LogP contribution in [-0.2, 0) is 0 Å². The smallest absolute Gasteiger partial charge is 0.164 e. The van der Waals surface area contributed by atoms with Crippen molar-refractivity contribution < 1.29 is 9.90 Å². The van der Waals surface area contributed by atoms with E-state index in [1.807, 2.05) is 13.8 Å². The van der Waals surface area contributed by atoms with Crippen molar-refractivity contribution in [1.82, 2.24) is 5.32 Å². The number of hydrogen-bond donors (Lipinski definition) is 2. The van der Waals surface area contributed by atoms with Crippen LogP contribution in [0, 0.1) is 0 Å². The van der Waals surface area contributed by atoms with Gasteiger partial charge in [-0.1, -0.05) is 13.8 Å². The number of phenolic OH excluding ortho intramolecular Hbond substituents is 1. The lowest BCUT2D eigenvalue weighted by Crippen LogP contribution is -2.25. The number of rotatable bonds is 5. The average Bonchev–Trinajstić information content (AvgIpc) is 2.18. The molecule has 0 aromatic heterocycles. The number of benzene rings is 1. The number of ketones is 1. The molecule has 1 aromatic rings. The third-order valence-corrected chi connectivity index (χ3v) is 2.09. The zero-order valence-corrected chi connectivity index (χ0v) is 9.16. The third kappa shape index (κ3) is 4.13. The Morgan fingerprint density at radius 1 is 1.33 bits per heavy atom. The van der Waals surface area contributed by atoms with Crippen LogP contribution >= 0.6 is 0 Å². The van der Waals surface area contributed by atoms with Crippen molar-refractivity contribution >= 4 is 5.78 Å². The molecule has 0 heterocycles. The van der Waals surface area contributed by atoms with Crippen LogP contribution in [0.3, 0.4) is 0 Å². The zero-order valence-electron chi connectivity index (χ0n) is 9.16. The van der Waals surface area contributed by atoms with Crippen molar-refractivity contribution in [1.29, 1.82) is 0 Å². The van der Waals surface area contributed by atoms with Crippen LogP contribution in [0.25, 0.3) is 0 Å². The van der Waals surface area contributed by atoms with E-state index in [-0.39, 0.29) is 11.5 Å². The van der Waals surface area contributed by atoms with E-state index in [4.69, 9.17) is 5.11 Å². The molecule has 0 amide bonds. The summed E-state index contributed by atoms with van der Waals surface area (Å²) >= 11 is 0. The standard InChI is InChI=1S/C12H17NO2/c1-9(2)13-8-7-12(15)10-3-5-11(14)6-4-10/h3-6,9,13-14H,7-8H2,1-2H3. The van der Waals surface area contributed by atoms with Gasteiger partial charge < -0.3 is 10.4 Å². The first kappa shape index (κ1) is 11.7. The summed E-state index contributed by atoms with van der Waals surface area (Å²) < 4.78 is 0. The summed E-state index contributed by atoms with van der Waals surface area (Å²) in [5, 5.41) is 12.3. The molecular weight excluding hydrogens is 190 g/mol. The van der Waals surface area contributed by atoms with Gasteiger partial charge in [-0.25, -0.2) is 0 Å². The van der Waals surface area contributed by atoms with Crippen molar-refractivity contribution in [2.45, 2.75) is 26.3 Å². The molecule has 3 nitrogen and oxygen atoms in total. The average molecular weight is 207 g/mol. The molecule has 0 aliphatic heterocycles. The summed E-state index contributed by atoms with van der Waals surface area (Å²) in [4.78, 5) is 11.6. The van der Waals surface area contributed by atoms with Crippen LogP contribution in [0.1, 0.15) is 30.6 Å². The molecule has 3 heteroatoms. The van der Waals surface area contributed by atoms with Gasteiger partial charge in [0.15, 0.2) is 5.78 Å². The van der Waals surface area contributed by atoms with Gasteiger partial charge >= 0.3 is 0 Å². The predicted molar refractivity (Wildman–Crippen MR) is 60.2 cm³/mol. The van der Waals surface area contributed by atoms with E-state index in [0.717, 1.165) is 0 Å². The van der Waals surface area contributed by atoms with E-state index in [9.17, 15) is 4.79 Å². The van der Waals surface area contributed by atoms with Crippen molar-refractivity contribution in [2.24, 2.45) is 0 Å². The van der Waals surface area contributed by atoms with Crippen LogP contribution in [0.5, 0.6) is 5.75 Å². The predicted octanol–water partition coefficient (Wildman–Crippen LogP) is 1.96. The molecule has 0 aliphatic carbocycles. The van der Waals surface area contributed by atoms with Crippen LogP contribution in [-0.4, -0.2) is 23.5 Å². The lowest BCUT2D eigenvalue weighted by Gasteiger charge is -2.07. The molecule has 0 bridgehead atoms. The summed E-state index contributed by atoms with van der Waals surface area (Å²) in [5.41, 5.74) is 0.651. The summed E-state index contributed by atoms with van der Waals surface area (Å²) in [6.45, 7) is 4.79. The van der Waals surface area contributed by atoms with Gasteiger partial charge in [0, 0.05) is 24.6 Å². The second-order valence-electron chi connectivity index (χ2n) is 3.83. The lowest BCUT2D eigenvalue weighted by atomic mass is 10.1. The Morgan fingerprint density at radius 2 is 1.93 bits per heavy atom. The van der Waals surface area contributed by atoms with Crippen LogP contribution in [0.15, 0.2) is 24.3 Å². The topological polar surface area (TPSA) is 49.3 Å². The lowest BCUT2D eigenvalue weighted by molar-refractivity contribution is 0.0982. The molecule has 0 saturated heterocycles. The van der Waals surface area contributed by atoms with Crippen LogP contribution in [0.4, 0.5) is 0 Å². The molecule has 0 aliphatic rings. The fraction of sp³-hybridized carbons (Fsp3) is 0.417. The molecule has 0 fully saturated rings. The number of carbonyl (C=O) groups excluding carboxylic acids is 1. The quantitative estimate of drug-likeness (QED) is 0.726. The van der Waals surface area contributed by atoms with Crippen molar-refractivity contribution in [3.63, 3.8) is 0 Å². The highest BCUT2D eigenvalue weighted by atomic mass is 16.3. The Hall–Kier alpha value is -1.35. The molecule has 1 aromatic carbocycles. The highest BCUT2D eigenvalue weighted by molar-refractivity contribution is 5.96. The Balaban J connectivity index is 2.43. The van der Waals surface area contributed by atoms with E-state index in [1.165, 1.54) is 12.1 Å². The SMILES string of the molecule is CC(C)NCCC(=O)c1ccc(O)cc1. The van der Waals surface area contributed by atoms with E-state index in [0.29, 0.717) is 24.6 Å². The number of phenols is 1. The minimum absolute atomic E-state index is 0.100. The maximum atomic E-state index is 11.6. The summed E-state index contributed by atoms with van der Waals surface area (Å²) in [6.07, 6.45) is 0.489. The number of nitrogens with one attached hydrogen (secondary N) is 1. The number of Topliss-reactive ketones (excluding diaryl/α,β-unsaturated/α-hetero) is 1. The molecular formula is C12H17NO2. The summed E-state index contributed by atoms with van der Waals surface area (Å²) in [7, 11) is 0. The van der Waals surface area contributed by atoms with E-state index < -0.39 is 0 Å². The van der Waals surface area contributed by atoms with Gasteiger partial charge in [-0.2, -0.15) is 0 Å². The van der Waals surface area contributed by atoms with Gasteiger partial charge in [0.05, 0.1) is 0 Å². The molecule has 1 rings (SSSR count). The Kier molecular flexibility index (Phi) is 4.31. The number of aromatic hydroxyl groups is 1. The van der Waals surface area contributed by atoms with Gasteiger partial charge in [-0.3, -0.25) is 4.79 Å². The minimum Gasteiger partial charge on any atom is -0.508 e. The highest BCUT2D eigenvalue weighted by Crippen LogP contribution is 2.10. The molecule has 82 valence electrons. The zero-order chi connectivity index (χ0) is 11.3. The van der Waals surface area contributed by atoms with Gasteiger partial charge in [-0.15, -0.1) is 0 Å². The Labute approximate surface area is 90.1 Å². The highest BCUT2D eigenvalue weighted by Gasteiger charge is 2.05.